The first-order chi connectivity index (χ1) is 8.43. The second-order valence-corrected chi connectivity index (χ2v) is 7.44. The molecule has 4 atom stereocenters. The molecular formula is C16H31NO. The summed E-state index contributed by atoms with van der Waals surface area (Å²) in [4.78, 5) is 0. The van der Waals surface area contributed by atoms with Gasteiger partial charge in [-0.15, -0.1) is 0 Å². The van der Waals surface area contributed by atoms with Gasteiger partial charge in [0.15, 0.2) is 0 Å². The van der Waals surface area contributed by atoms with Gasteiger partial charge in [0.2, 0.25) is 0 Å². The molecule has 0 aromatic carbocycles. The standard InChI is InChI=1S/C16H31NO/c1-11(2)7-6-8-12(3)17-14-13-9-10-18-15(13)16(14,4)5/h11-15,17H,6-10H2,1-5H3. The fourth-order valence-corrected chi connectivity index (χ4v) is 3.88. The first kappa shape index (κ1) is 14.3. The zero-order valence-corrected chi connectivity index (χ0v) is 12.8. The lowest BCUT2D eigenvalue weighted by Gasteiger charge is -2.55. The highest BCUT2D eigenvalue weighted by atomic mass is 16.5. The Labute approximate surface area is 113 Å². The third kappa shape index (κ3) is 2.75. The molecule has 0 spiro atoms. The molecule has 0 amide bonds. The van der Waals surface area contributed by atoms with Crippen molar-refractivity contribution >= 4 is 0 Å². The molecule has 0 aromatic rings. The molecule has 18 heavy (non-hydrogen) atoms. The van der Waals surface area contributed by atoms with Crippen LogP contribution in [0.3, 0.4) is 0 Å². The fraction of sp³-hybridized carbons (Fsp3) is 1.00. The zero-order chi connectivity index (χ0) is 13.3. The molecule has 2 heteroatoms. The molecule has 0 aromatic heterocycles. The summed E-state index contributed by atoms with van der Waals surface area (Å²) in [5.41, 5.74) is 0.327. The number of ether oxygens (including phenoxy) is 1. The topological polar surface area (TPSA) is 21.3 Å². The van der Waals surface area contributed by atoms with E-state index >= 15 is 0 Å². The summed E-state index contributed by atoms with van der Waals surface area (Å²) >= 11 is 0. The maximum atomic E-state index is 5.85. The molecular weight excluding hydrogens is 222 g/mol. The number of fused-ring (bicyclic) bond motifs is 1. The maximum absolute atomic E-state index is 5.85. The van der Waals surface area contributed by atoms with Crippen molar-refractivity contribution in [2.45, 2.75) is 78.5 Å². The van der Waals surface area contributed by atoms with Gasteiger partial charge in [0.05, 0.1) is 6.10 Å². The molecule has 4 unspecified atom stereocenters. The molecule has 1 aliphatic carbocycles. The number of nitrogens with one attached hydrogen (secondary N) is 1. The van der Waals surface area contributed by atoms with E-state index in [4.69, 9.17) is 4.74 Å². The largest absolute Gasteiger partial charge is 0.377 e. The fourth-order valence-electron chi connectivity index (χ4n) is 3.88. The van der Waals surface area contributed by atoms with Crippen molar-refractivity contribution in [2.75, 3.05) is 6.61 Å². The Balaban J connectivity index is 1.75. The van der Waals surface area contributed by atoms with Crippen molar-refractivity contribution in [3.63, 3.8) is 0 Å². The van der Waals surface area contributed by atoms with Gasteiger partial charge in [0.1, 0.15) is 0 Å². The smallest absolute Gasteiger partial charge is 0.0685 e. The van der Waals surface area contributed by atoms with Gasteiger partial charge in [-0.3, -0.25) is 0 Å². The van der Waals surface area contributed by atoms with Crippen LogP contribution in [0, 0.1) is 17.3 Å². The molecule has 106 valence electrons. The van der Waals surface area contributed by atoms with Crippen LogP contribution in [0.2, 0.25) is 0 Å². The monoisotopic (exact) mass is 253 g/mol. The predicted octanol–water partition coefficient (Wildman–Crippen LogP) is 3.60. The molecule has 0 radical (unpaired) electrons. The van der Waals surface area contributed by atoms with Crippen LogP contribution in [0.4, 0.5) is 0 Å². The molecule has 2 fully saturated rings. The second kappa shape index (κ2) is 5.50. The van der Waals surface area contributed by atoms with Crippen LogP contribution in [0.5, 0.6) is 0 Å². The van der Waals surface area contributed by atoms with Gasteiger partial charge in [0, 0.05) is 30.0 Å². The number of rotatable bonds is 6. The van der Waals surface area contributed by atoms with Crippen LogP contribution < -0.4 is 5.32 Å². The minimum Gasteiger partial charge on any atom is -0.377 e. The van der Waals surface area contributed by atoms with E-state index in [0.717, 1.165) is 18.4 Å². The van der Waals surface area contributed by atoms with Crippen molar-refractivity contribution in [1.82, 2.24) is 5.32 Å². The summed E-state index contributed by atoms with van der Waals surface area (Å²) in [6.45, 7) is 12.7. The van der Waals surface area contributed by atoms with Crippen LogP contribution in [-0.2, 0) is 4.74 Å². The van der Waals surface area contributed by atoms with Crippen molar-refractivity contribution < 1.29 is 4.74 Å². The van der Waals surface area contributed by atoms with E-state index < -0.39 is 0 Å². The van der Waals surface area contributed by atoms with Gasteiger partial charge in [-0.05, 0) is 25.7 Å². The molecule has 1 heterocycles. The quantitative estimate of drug-likeness (QED) is 0.781. The van der Waals surface area contributed by atoms with E-state index in [0.29, 0.717) is 23.6 Å². The van der Waals surface area contributed by atoms with Crippen LogP contribution in [0.1, 0.15) is 60.3 Å². The summed E-state index contributed by atoms with van der Waals surface area (Å²) in [7, 11) is 0. The Morgan fingerprint density at radius 3 is 2.61 bits per heavy atom. The van der Waals surface area contributed by atoms with Gasteiger partial charge in [0.25, 0.3) is 0 Å². The Morgan fingerprint density at radius 2 is 1.94 bits per heavy atom. The lowest BCUT2D eigenvalue weighted by molar-refractivity contribution is -0.115. The van der Waals surface area contributed by atoms with Gasteiger partial charge < -0.3 is 10.1 Å². The van der Waals surface area contributed by atoms with Crippen molar-refractivity contribution in [3.05, 3.63) is 0 Å². The number of hydrogen-bond acceptors (Lipinski definition) is 2. The second-order valence-electron chi connectivity index (χ2n) is 7.44. The van der Waals surface area contributed by atoms with Crippen LogP contribution in [-0.4, -0.2) is 24.8 Å². The number of hydrogen-bond donors (Lipinski definition) is 1. The Kier molecular flexibility index (Phi) is 4.38. The first-order valence-electron chi connectivity index (χ1n) is 7.80. The molecule has 1 aliphatic heterocycles. The highest BCUT2D eigenvalue weighted by Gasteiger charge is 2.59. The summed E-state index contributed by atoms with van der Waals surface area (Å²) in [6.07, 6.45) is 5.78. The van der Waals surface area contributed by atoms with Gasteiger partial charge >= 0.3 is 0 Å². The average molecular weight is 253 g/mol. The SMILES string of the molecule is CC(C)CCCC(C)NC1C2CCOC2C1(C)C. The molecule has 1 saturated heterocycles. The van der Waals surface area contributed by atoms with Crippen molar-refractivity contribution in [1.29, 1.82) is 0 Å². The van der Waals surface area contributed by atoms with Crippen LogP contribution in [0.15, 0.2) is 0 Å². The van der Waals surface area contributed by atoms with Crippen molar-refractivity contribution in [2.24, 2.45) is 17.3 Å². The summed E-state index contributed by atoms with van der Waals surface area (Å²) < 4.78 is 5.85. The summed E-state index contributed by atoms with van der Waals surface area (Å²) in [5.74, 6) is 1.61. The van der Waals surface area contributed by atoms with E-state index in [1.54, 1.807) is 0 Å². The molecule has 0 bridgehead atoms. The predicted molar refractivity (Wildman–Crippen MR) is 76.7 cm³/mol. The highest BCUT2D eigenvalue weighted by molar-refractivity contribution is 5.11. The van der Waals surface area contributed by atoms with E-state index in [2.05, 4.69) is 39.9 Å². The normalized spacial score (nSPS) is 35.3. The lowest BCUT2D eigenvalue weighted by Crippen LogP contribution is -2.67. The molecule has 1 N–H and O–H groups in total. The minimum absolute atomic E-state index is 0.327. The molecule has 2 nitrogen and oxygen atoms in total. The minimum atomic E-state index is 0.327. The third-order valence-electron chi connectivity index (χ3n) is 4.98. The van der Waals surface area contributed by atoms with Crippen LogP contribution >= 0.6 is 0 Å². The van der Waals surface area contributed by atoms with E-state index in [1.807, 2.05) is 0 Å². The lowest BCUT2D eigenvalue weighted by atomic mass is 9.57. The first-order valence-corrected chi connectivity index (χ1v) is 7.80. The van der Waals surface area contributed by atoms with E-state index in [-0.39, 0.29) is 0 Å². The molecule has 1 saturated carbocycles. The zero-order valence-electron chi connectivity index (χ0n) is 12.8. The average Bonchev–Trinajstić information content (AvgIpc) is 2.72. The maximum Gasteiger partial charge on any atom is 0.0685 e. The van der Waals surface area contributed by atoms with Gasteiger partial charge in [-0.25, -0.2) is 0 Å². The van der Waals surface area contributed by atoms with E-state index in [9.17, 15) is 0 Å². The highest BCUT2D eigenvalue weighted by Crippen LogP contribution is 2.52. The van der Waals surface area contributed by atoms with Crippen LogP contribution in [0.25, 0.3) is 0 Å². The van der Waals surface area contributed by atoms with E-state index in [1.165, 1.54) is 25.7 Å². The van der Waals surface area contributed by atoms with Gasteiger partial charge in [-0.1, -0.05) is 40.5 Å². The Morgan fingerprint density at radius 1 is 1.22 bits per heavy atom. The Bertz CT molecular complexity index is 274. The third-order valence-corrected chi connectivity index (χ3v) is 4.98. The van der Waals surface area contributed by atoms with Crippen molar-refractivity contribution in [3.8, 4) is 0 Å². The summed E-state index contributed by atoms with van der Waals surface area (Å²) in [6, 6.07) is 1.31. The Hall–Kier alpha value is -0.0800. The molecule has 2 rings (SSSR count). The van der Waals surface area contributed by atoms with Gasteiger partial charge in [-0.2, -0.15) is 0 Å². The molecule has 2 aliphatic rings. The summed E-state index contributed by atoms with van der Waals surface area (Å²) in [5, 5.41) is 3.87.